The molecular weight excluding hydrogens is 467 g/mol. The Labute approximate surface area is 179 Å². The number of carbonyl (C=O) groups excluding carboxylic acids is 1. The van der Waals surface area contributed by atoms with E-state index in [0.29, 0.717) is 23.7 Å². The quantitative estimate of drug-likeness (QED) is 0.327. The molecule has 0 aliphatic heterocycles. The van der Waals surface area contributed by atoms with Crippen LogP contribution >= 0.6 is 22.6 Å². The van der Waals surface area contributed by atoms with E-state index in [4.69, 9.17) is 9.47 Å². The molecule has 2 aromatic rings. The second-order valence-corrected chi connectivity index (χ2v) is 7.44. The molecule has 0 aliphatic carbocycles. The number of carbonyl (C=O) groups is 1. The minimum absolute atomic E-state index is 0.0164. The number of methoxy groups -OCH3 is 1. The molecule has 1 amide bonds. The summed E-state index contributed by atoms with van der Waals surface area (Å²) in [5.41, 5.74) is 3.32. The highest BCUT2D eigenvalue weighted by Gasteiger charge is 2.15. The van der Waals surface area contributed by atoms with Crippen molar-refractivity contribution < 1.29 is 14.3 Å². The zero-order chi connectivity index (χ0) is 20.7. The molecule has 0 radical (unpaired) electrons. The molecule has 0 saturated heterocycles. The molecule has 5 nitrogen and oxygen atoms in total. The number of ether oxygens (including phenoxy) is 2. The van der Waals surface area contributed by atoms with Gasteiger partial charge in [0.2, 0.25) is 0 Å². The number of nitrogens with one attached hydrogen (secondary N) is 1. The summed E-state index contributed by atoms with van der Waals surface area (Å²) in [7, 11) is 1.57. The lowest BCUT2D eigenvalue weighted by Crippen LogP contribution is -2.15. The Morgan fingerprint density at radius 3 is 2.54 bits per heavy atom. The Balaban J connectivity index is 2.34. The Morgan fingerprint density at radius 1 is 1.29 bits per heavy atom. The molecule has 6 heteroatoms. The molecule has 0 unspecified atom stereocenters. The zero-order valence-corrected chi connectivity index (χ0v) is 18.6. The van der Waals surface area contributed by atoms with E-state index < -0.39 is 5.91 Å². The molecule has 146 valence electrons. The maximum absolute atomic E-state index is 12.6. The molecule has 2 rings (SSSR count). The van der Waals surface area contributed by atoms with Gasteiger partial charge in [-0.25, -0.2) is 0 Å². The number of nitriles is 1. The summed E-state index contributed by atoms with van der Waals surface area (Å²) < 4.78 is 12.0. The van der Waals surface area contributed by atoms with Gasteiger partial charge < -0.3 is 14.8 Å². The van der Waals surface area contributed by atoms with Crippen LogP contribution in [0, 0.1) is 28.7 Å². The van der Waals surface area contributed by atoms with Crippen molar-refractivity contribution in [1.29, 1.82) is 5.26 Å². The second kappa shape index (κ2) is 10.1. The maximum Gasteiger partial charge on any atom is 0.266 e. The van der Waals surface area contributed by atoms with Gasteiger partial charge in [-0.1, -0.05) is 25.1 Å². The summed E-state index contributed by atoms with van der Waals surface area (Å²) in [5.74, 6) is 0.792. The largest absolute Gasteiger partial charge is 0.493 e. The van der Waals surface area contributed by atoms with E-state index in [-0.39, 0.29) is 5.57 Å². The first-order chi connectivity index (χ1) is 13.4. The fourth-order valence-corrected chi connectivity index (χ4v) is 3.46. The highest BCUT2D eigenvalue weighted by atomic mass is 127. The van der Waals surface area contributed by atoms with Crippen LogP contribution in [-0.4, -0.2) is 19.6 Å². The lowest BCUT2D eigenvalue weighted by molar-refractivity contribution is -0.112. The van der Waals surface area contributed by atoms with E-state index in [2.05, 4.69) is 27.9 Å². The fraction of sp³-hybridized carbons (Fsp3) is 0.273. The van der Waals surface area contributed by atoms with E-state index in [1.807, 2.05) is 51.1 Å². The van der Waals surface area contributed by atoms with E-state index in [1.54, 1.807) is 19.3 Å². The van der Waals surface area contributed by atoms with Gasteiger partial charge in [-0.15, -0.1) is 0 Å². The van der Waals surface area contributed by atoms with E-state index >= 15 is 0 Å². The van der Waals surface area contributed by atoms with Gasteiger partial charge in [-0.05, 0) is 77.8 Å². The number of benzene rings is 2. The van der Waals surface area contributed by atoms with Crippen molar-refractivity contribution in [2.75, 3.05) is 19.0 Å². The third-order valence-electron chi connectivity index (χ3n) is 4.10. The molecular formula is C22H23IN2O3. The van der Waals surface area contributed by atoms with Gasteiger partial charge in [0.05, 0.1) is 17.3 Å². The van der Waals surface area contributed by atoms with Crippen LogP contribution in [0.4, 0.5) is 5.69 Å². The number of rotatable bonds is 7. The summed E-state index contributed by atoms with van der Waals surface area (Å²) in [5, 5.41) is 12.3. The summed E-state index contributed by atoms with van der Waals surface area (Å²) >= 11 is 2.16. The van der Waals surface area contributed by atoms with Crippen molar-refractivity contribution >= 4 is 40.3 Å². The smallest absolute Gasteiger partial charge is 0.266 e. The SMILES string of the molecule is CCCOc1c(I)cc(/C=C(/C#N)C(=O)Nc2c(C)cccc2C)cc1OC. The van der Waals surface area contributed by atoms with Gasteiger partial charge in [0.25, 0.3) is 5.91 Å². The summed E-state index contributed by atoms with van der Waals surface area (Å²) in [6, 6.07) is 11.4. The van der Waals surface area contributed by atoms with Gasteiger partial charge in [0.1, 0.15) is 11.6 Å². The van der Waals surface area contributed by atoms with Crippen LogP contribution in [0.3, 0.4) is 0 Å². The molecule has 0 bridgehead atoms. The average Bonchev–Trinajstić information content (AvgIpc) is 2.67. The summed E-state index contributed by atoms with van der Waals surface area (Å²) in [4.78, 5) is 12.6. The predicted molar refractivity (Wildman–Crippen MR) is 120 cm³/mol. The third kappa shape index (κ3) is 5.26. The maximum atomic E-state index is 12.6. The van der Waals surface area contributed by atoms with E-state index in [0.717, 1.165) is 26.8 Å². The number of halogens is 1. The first kappa shape index (κ1) is 21.8. The minimum atomic E-state index is -0.444. The van der Waals surface area contributed by atoms with Crippen LogP contribution in [0.25, 0.3) is 6.08 Å². The molecule has 0 atom stereocenters. The summed E-state index contributed by atoms with van der Waals surface area (Å²) in [6.45, 7) is 6.45. The highest BCUT2D eigenvalue weighted by molar-refractivity contribution is 14.1. The number of nitrogens with zero attached hydrogens (tertiary/aromatic N) is 1. The van der Waals surface area contributed by atoms with Crippen LogP contribution < -0.4 is 14.8 Å². The Bertz CT molecular complexity index is 925. The van der Waals surface area contributed by atoms with Crippen LogP contribution in [0.1, 0.15) is 30.0 Å². The van der Waals surface area contributed by atoms with Gasteiger partial charge in [-0.3, -0.25) is 4.79 Å². The van der Waals surface area contributed by atoms with Gasteiger partial charge in [0, 0.05) is 5.69 Å². The first-order valence-corrected chi connectivity index (χ1v) is 9.98. The normalized spacial score (nSPS) is 10.9. The predicted octanol–water partition coefficient (Wildman–Crippen LogP) is 5.25. The van der Waals surface area contributed by atoms with E-state index in [9.17, 15) is 10.1 Å². The van der Waals surface area contributed by atoms with Crippen molar-refractivity contribution in [3.05, 3.63) is 56.2 Å². The van der Waals surface area contributed by atoms with Crippen LogP contribution in [-0.2, 0) is 4.79 Å². The second-order valence-electron chi connectivity index (χ2n) is 6.27. The lowest BCUT2D eigenvalue weighted by Gasteiger charge is -2.13. The molecule has 0 saturated carbocycles. The molecule has 1 N–H and O–H groups in total. The third-order valence-corrected chi connectivity index (χ3v) is 4.90. The summed E-state index contributed by atoms with van der Waals surface area (Å²) in [6.07, 6.45) is 2.44. The minimum Gasteiger partial charge on any atom is -0.493 e. The van der Waals surface area contributed by atoms with Crippen molar-refractivity contribution in [1.82, 2.24) is 0 Å². The van der Waals surface area contributed by atoms with Crippen molar-refractivity contribution in [2.45, 2.75) is 27.2 Å². The Morgan fingerprint density at radius 2 is 1.96 bits per heavy atom. The molecule has 0 aliphatic rings. The lowest BCUT2D eigenvalue weighted by atomic mass is 10.1. The number of hydrogen-bond donors (Lipinski definition) is 1. The fourth-order valence-electron chi connectivity index (χ4n) is 2.68. The molecule has 0 spiro atoms. The number of amides is 1. The number of hydrogen-bond acceptors (Lipinski definition) is 4. The zero-order valence-electron chi connectivity index (χ0n) is 16.4. The molecule has 2 aromatic carbocycles. The Hall–Kier alpha value is -2.53. The van der Waals surface area contributed by atoms with E-state index in [1.165, 1.54) is 0 Å². The number of para-hydroxylation sites is 1. The number of anilines is 1. The highest BCUT2D eigenvalue weighted by Crippen LogP contribution is 2.34. The molecule has 0 fully saturated rings. The standard InChI is InChI=1S/C22H23IN2O3/c1-5-9-28-21-18(23)11-16(12-19(21)27-4)10-17(13-24)22(26)25-20-14(2)7-6-8-15(20)3/h6-8,10-12H,5,9H2,1-4H3,(H,25,26)/b17-10-. The molecule has 0 aromatic heterocycles. The first-order valence-electron chi connectivity index (χ1n) is 8.91. The van der Waals surface area contributed by atoms with Crippen LogP contribution in [0.2, 0.25) is 0 Å². The number of aryl methyl sites for hydroxylation is 2. The molecule has 28 heavy (non-hydrogen) atoms. The van der Waals surface area contributed by atoms with Gasteiger partial charge >= 0.3 is 0 Å². The monoisotopic (exact) mass is 490 g/mol. The van der Waals surface area contributed by atoms with Crippen LogP contribution in [0.15, 0.2) is 35.9 Å². The topological polar surface area (TPSA) is 71.3 Å². The Kier molecular flexibility index (Phi) is 7.88. The van der Waals surface area contributed by atoms with Gasteiger partial charge in [-0.2, -0.15) is 5.26 Å². The van der Waals surface area contributed by atoms with Gasteiger partial charge in [0.15, 0.2) is 11.5 Å². The average molecular weight is 490 g/mol. The molecule has 0 heterocycles. The van der Waals surface area contributed by atoms with Crippen molar-refractivity contribution in [3.63, 3.8) is 0 Å². The van der Waals surface area contributed by atoms with Crippen molar-refractivity contribution in [3.8, 4) is 17.6 Å². The van der Waals surface area contributed by atoms with Crippen molar-refractivity contribution in [2.24, 2.45) is 0 Å². The van der Waals surface area contributed by atoms with Crippen LogP contribution in [0.5, 0.6) is 11.5 Å².